The third-order valence-electron chi connectivity index (χ3n) is 4.86. The standard InChI is InChI=1S/C17H34N2/c1-5-9-10-13-16(18-6-2)17(14-11-12-15-17)19(7-3)8-4/h5,16,18H,1,6-15H2,2-4H3. The summed E-state index contributed by atoms with van der Waals surface area (Å²) in [5, 5.41) is 3.80. The molecule has 0 aliphatic heterocycles. The molecule has 0 heterocycles. The summed E-state index contributed by atoms with van der Waals surface area (Å²) >= 11 is 0. The second-order valence-electron chi connectivity index (χ2n) is 5.81. The van der Waals surface area contributed by atoms with Crippen LogP contribution in [0.2, 0.25) is 0 Å². The average molecular weight is 266 g/mol. The van der Waals surface area contributed by atoms with Gasteiger partial charge in [0.15, 0.2) is 0 Å². The summed E-state index contributed by atoms with van der Waals surface area (Å²) in [4.78, 5) is 2.72. The summed E-state index contributed by atoms with van der Waals surface area (Å²) in [5.41, 5.74) is 0.417. The molecule has 0 bridgehead atoms. The van der Waals surface area contributed by atoms with Gasteiger partial charge in [-0.05, 0) is 51.7 Å². The van der Waals surface area contributed by atoms with Gasteiger partial charge in [0.1, 0.15) is 0 Å². The van der Waals surface area contributed by atoms with Crippen LogP contribution in [0.4, 0.5) is 0 Å². The number of allylic oxidation sites excluding steroid dienone is 1. The summed E-state index contributed by atoms with van der Waals surface area (Å²) in [6, 6.07) is 0.653. The van der Waals surface area contributed by atoms with Crippen molar-refractivity contribution in [3.05, 3.63) is 12.7 Å². The van der Waals surface area contributed by atoms with Crippen LogP contribution in [-0.2, 0) is 0 Å². The van der Waals surface area contributed by atoms with E-state index >= 15 is 0 Å². The monoisotopic (exact) mass is 266 g/mol. The molecule has 1 N–H and O–H groups in total. The topological polar surface area (TPSA) is 15.3 Å². The molecule has 0 aromatic rings. The fourth-order valence-electron chi connectivity index (χ4n) is 4.00. The summed E-state index contributed by atoms with van der Waals surface area (Å²) in [6.45, 7) is 14.2. The van der Waals surface area contributed by atoms with E-state index in [4.69, 9.17) is 0 Å². The van der Waals surface area contributed by atoms with E-state index in [-0.39, 0.29) is 0 Å². The number of likely N-dealkylation sites (N-methyl/N-ethyl adjacent to an activating group) is 2. The van der Waals surface area contributed by atoms with Crippen molar-refractivity contribution in [2.75, 3.05) is 19.6 Å². The van der Waals surface area contributed by atoms with Crippen molar-refractivity contribution in [2.45, 2.75) is 77.3 Å². The zero-order valence-electron chi connectivity index (χ0n) is 13.4. The van der Waals surface area contributed by atoms with Gasteiger partial charge in [0.05, 0.1) is 0 Å². The third kappa shape index (κ3) is 4.06. The first-order valence-corrected chi connectivity index (χ1v) is 8.34. The fourth-order valence-corrected chi connectivity index (χ4v) is 4.00. The first kappa shape index (κ1) is 16.7. The predicted octanol–water partition coefficient (Wildman–Crippen LogP) is 3.98. The maximum absolute atomic E-state index is 3.85. The van der Waals surface area contributed by atoms with E-state index in [1.807, 2.05) is 0 Å². The lowest BCUT2D eigenvalue weighted by Crippen LogP contribution is -2.59. The summed E-state index contributed by atoms with van der Waals surface area (Å²) in [7, 11) is 0. The van der Waals surface area contributed by atoms with E-state index in [9.17, 15) is 0 Å². The highest BCUT2D eigenvalue weighted by atomic mass is 15.2. The van der Waals surface area contributed by atoms with E-state index in [1.165, 1.54) is 51.6 Å². The number of hydrogen-bond acceptors (Lipinski definition) is 2. The first-order chi connectivity index (χ1) is 9.25. The second-order valence-corrected chi connectivity index (χ2v) is 5.81. The van der Waals surface area contributed by atoms with Gasteiger partial charge in [-0.1, -0.05) is 39.7 Å². The van der Waals surface area contributed by atoms with Crippen LogP contribution in [0.1, 0.15) is 65.7 Å². The Morgan fingerprint density at radius 3 is 2.32 bits per heavy atom. The minimum atomic E-state index is 0.417. The number of nitrogens with zero attached hydrogens (tertiary/aromatic N) is 1. The van der Waals surface area contributed by atoms with Crippen LogP contribution in [0.5, 0.6) is 0 Å². The molecule has 0 spiro atoms. The van der Waals surface area contributed by atoms with E-state index in [1.54, 1.807) is 0 Å². The molecule has 1 aliphatic carbocycles. The lowest BCUT2D eigenvalue weighted by molar-refractivity contribution is 0.0595. The van der Waals surface area contributed by atoms with E-state index < -0.39 is 0 Å². The van der Waals surface area contributed by atoms with Gasteiger partial charge >= 0.3 is 0 Å². The third-order valence-corrected chi connectivity index (χ3v) is 4.86. The molecular weight excluding hydrogens is 232 g/mol. The number of rotatable bonds is 10. The van der Waals surface area contributed by atoms with Crippen LogP contribution in [0.3, 0.4) is 0 Å². The first-order valence-electron chi connectivity index (χ1n) is 8.34. The molecule has 0 saturated heterocycles. The van der Waals surface area contributed by atoms with Crippen molar-refractivity contribution in [1.82, 2.24) is 10.2 Å². The minimum absolute atomic E-state index is 0.417. The van der Waals surface area contributed by atoms with Gasteiger partial charge in [0, 0.05) is 11.6 Å². The highest BCUT2D eigenvalue weighted by Crippen LogP contribution is 2.39. The molecule has 0 radical (unpaired) electrons. The van der Waals surface area contributed by atoms with Gasteiger partial charge in [0.2, 0.25) is 0 Å². The SMILES string of the molecule is C=CCCCC(NCC)C1(N(CC)CC)CCCC1. The molecular formula is C17H34N2. The fraction of sp³-hybridized carbons (Fsp3) is 0.882. The largest absolute Gasteiger partial charge is 0.312 e. The molecule has 0 aromatic carbocycles. The Morgan fingerprint density at radius 1 is 1.21 bits per heavy atom. The van der Waals surface area contributed by atoms with E-state index in [2.05, 4.69) is 43.6 Å². The van der Waals surface area contributed by atoms with Gasteiger partial charge < -0.3 is 5.32 Å². The van der Waals surface area contributed by atoms with Crippen molar-refractivity contribution in [2.24, 2.45) is 0 Å². The molecule has 112 valence electrons. The number of hydrogen-bond donors (Lipinski definition) is 1. The van der Waals surface area contributed by atoms with Crippen LogP contribution in [-0.4, -0.2) is 36.1 Å². The second kappa shape index (κ2) is 8.76. The van der Waals surface area contributed by atoms with Crippen molar-refractivity contribution >= 4 is 0 Å². The lowest BCUT2D eigenvalue weighted by Gasteiger charge is -2.47. The molecule has 1 unspecified atom stereocenters. The Hall–Kier alpha value is -0.340. The summed E-state index contributed by atoms with van der Waals surface area (Å²) in [5.74, 6) is 0. The maximum Gasteiger partial charge on any atom is 0.0362 e. The van der Waals surface area contributed by atoms with Gasteiger partial charge in [-0.2, -0.15) is 0 Å². The molecule has 1 atom stereocenters. The molecule has 2 heteroatoms. The van der Waals surface area contributed by atoms with Gasteiger partial charge in [-0.3, -0.25) is 4.90 Å². The molecule has 1 saturated carbocycles. The van der Waals surface area contributed by atoms with Gasteiger partial charge in [-0.15, -0.1) is 6.58 Å². The maximum atomic E-state index is 3.85. The average Bonchev–Trinajstić information content (AvgIpc) is 2.90. The summed E-state index contributed by atoms with van der Waals surface area (Å²) in [6.07, 6.45) is 11.3. The minimum Gasteiger partial charge on any atom is -0.312 e. The van der Waals surface area contributed by atoms with Crippen LogP contribution in [0.15, 0.2) is 12.7 Å². The Balaban J connectivity index is 2.80. The number of nitrogens with one attached hydrogen (secondary N) is 1. The molecule has 1 fully saturated rings. The summed E-state index contributed by atoms with van der Waals surface area (Å²) < 4.78 is 0. The molecule has 0 amide bonds. The Labute approximate surface area is 120 Å². The predicted molar refractivity (Wildman–Crippen MR) is 85.6 cm³/mol. The van der Waals surface area contributed by atoms with Crippen LogP contribution < -0.4 is 5.32 Å². The Morgan fingerprint density at radius 2 is 1.84 bits per heavy atom. The van der Waals surface area contributed by atoms with Crippen molar-refractivity contribution in [1.29, 1.82) is 0 Å². The van der Waals surface area contributed by atoms with Crippen LogP contribution in [0, 0.1) is 0 Å². The molecule has 2 nitrogen and oxygen atoms in total. The zero-order chi connectivity index (χ0) is 14.1. The van der Waals surface area contributed by atoms with Crippen LogP contribution in [0.25, 0.3) is 0 Å². The highest BCUT2D eigenvalue weighted by molar-refractivity contribution is 5.03. The smallest absolute Gasteiger partial charge is 0.0362 e. The van der Waals surface area contributed by atoms with Crippen LogP contribution >= 0.6 is 0 Å². The molecule has 19 heavy (non-hydrogen) atoms. The Kier molecular flexibility index (Phi) is 7.70. The molecule has 1 rings (SSSR count). The van der Waals surface area contributed by atoms with Crippen molar-refractivity contribution < 1.29 is 0 Å². The van der Waals surface area contributed by atoms with Crippen molar-refractivity contribution in [3.63, 3.8) is 0 Å². The quantitative estimate of drug-likeness (QED) is 0.475. The van der Waals surface area contributed by atoms with E-state index in [0.29, 0.717) is 11.6 Å². The van der Waals surface area contributed by atoms with E-state index in [0.717, 1.165) is 13.0 Å². The highest BCUT2D eigenvalue weighted by Gasteiger charge is 2.43. The molecule has 1 aliphatic rings. The lowest BCUT2D eigenvalue weighted by atomic mass is 9.83. The van der Waals surface area contributed by atoms with Crippen molar-refractivity contribution in [3.8, 4) is 0 Å². The Bertz CT molecular complexity index is 240. The molecule has 0 aromatic heterocycles. The number of unbranched alkanes of at least 4 members (excludes halogenated alkanes) is 1. The normalized spacial score (nSPS) is 19.8. The van der Waals surface area contributed by atoms with Gasteiger partial charge in [-0.25, -0.2) is 0 Å². The van der Waals surface area contributed by atoms with Gasteiger partial charge in [0.25, 0.3) is 0 Å². The zero-order valence-corrected chi connectivity index (χ0v) is 13.4.